The predicted molar refractivity (Wildman–Crippen MR) is 87.7 cm³/mol. The van der Waals surface area contributed by atoms with E-state index in [2.05, 4.69) is 48.0 Å². The minimum Gasteiger partial charge on any atom is -0.380 e. The number of nitrogens with zero attached hydrogens (tertiary/aromatic N) is 1. The highest BCUT2D eigenvalue weighted by Crippen LogP contribution is 2.29. The average molecular weight is 286 g/mol. The van der Waals surface area contributed by atoms with Crippen LogP contribution in [0.2, 0.25) is 0 Å². The second-order valence-electron chi connectivity index (χ2n) is 6.05. The lowest BCUT2D eigenvalue weighted by atomic mass is 10.00. The standard InChI is InChI=1S/C18H26N2O/c1-3-4-10-21-11-9-20-17-8-6-5-7-15(17)16-12-14(2)19-13-18(16)20/h5-8,14,19H,3-4,9-13H2,1-2H3. The number of rotatable bonds is 6. The summed E-state index contributed by atoms with van der Waals surface area (Å²) in [6.45, 7) is 8.08. The lowest BCUT2D eigenvalue weighted by Gasteiger charge is -2.22. The van der Waals surface area contributed by atoms with Crippen LogP contribution in [-0.4, -0.2) is 23.8 Å². The summed E-state index contributed by atoms with van der Waals surface area (Å²) in [5.74, 6) is 0. The van der Waals surface area contributed by atoms with Crippen LogP contribution in [-0.2, 0) is 24.2 Å². The van der Waals surface area contributed by atoms with Gasteiger partial charge >= 0.3 is 0 Å². The van der Waals surface area contributed by atoms with E-state index >= 15 is 0 Å². The van der Waals surface area contributed by atoms with E-state index in [9.17, 15) is 0 Å². The zero-order valence-electron chi connectivity index (χ0n) is 13.2. The lowest BCUT2D eigenvalue weighted by molar-refractivity contribution is 0.123. The van der Waals surface area contributed by atoms with E-state index in [1.54, 1.807) is 0 Å². The molecule has 0 fully saturated rings. The van der Waals surface area contributed by atoms with Crippen LogP contribution in [0.25, 0.3) is 10.9 Å². The highest BCUT2D eigenvalue weighted by Gasteiger charge is 2.22. The van der Waals surface area contributed by atoms with Crippen LogP contribution in [0, 0.1) is 0 Å². The molecule has 0 bridgehead atoms. The third-order valence-electron chi connectivity index (χ3n) is 4.42. The fourth-order valence-corrected chi connectivity index (χ4v) is 3.27. The summed E-state index contributed by atoms with van der Waals surface area (Å²) in [6, 6.07) is 9.36. The molecule has 0 amide bonds. The van der Waals surface area contributed by atoms with E-state index in [1.807, 2.05) is 0 Å². The Bertz CT molecular complexity index is 603. The van der Waals surface area contributed by atoms with Crippen molar-refractivity contribution in [3.8, 4) is 0 Å². The van der Waals surface area contributed by atoms with Gasteiger partial charge in [0.15, 0.2) is 0 Å². The van der Waals surface area contributed by atoms with E-state index in [4.69, 9.17) is 4.74 Å². The Morgan fingerprint density at radius 2 is 2.14 bits per heavy atom. The molecular weight excluding hydrogens is 260 g/mol. The Labute approximate surface area is 127 Å². The first kappa shape index (κ1) is 14.6. The molecule has 2 heterocycles. The van der Waals surface area contributed by atoms with E-state index in [0.29, 0.717) is 6.04 Å². The van der Waals surface area contributed by atoms with Gasteiger partial charge in [0.2, 0.25) is 0 Å². The van der Waals surface area contributed by atoms with Crippen LogP contribution < -0.4 is 5.32 Å². The number of para-hydroxylation sites is 1. The molecule has 1 atom stereocenters. The summed E-state index contributed by atoms with van der Waals surface area (Å²) in [5.41, 5.74) is 4.34. The summed E-state index contributed by atoms with van der Waals surface area (Å²) in [7, 11) is 0. The van der Waals surface area contributed by atoms with Crippen molar-refractivity contribution in [3.05, 3.63) is 35.5 Å². The fourth-order valence-electron chi connectivity index (χ4n) is 3.27. The largest absolute Gasteiger partial charge is 0.380 e. The highest BCUT2D eigenvalue weighted by molar-refractivity contribution is 5.86. The molecule has 3 nitrogen and oxygen atoms in total. The van der Waals surface area contributed by atoms with Crippen molar-refractivity contribution in [2.24, 2.45) is 0 Å². The molecule has 1 aromatic heterocycles. The fraction of sp³-hybridized carbons (Fsp3) is 0.556. The monoisotopic (exact) mass is 286 g/mol. The van der Waals surface area contributed by atoms with Gasteiger partial charge in [-0.05, 0) is 31.4 Å². The minimum absolute atomic E-state index is 0.567. The zero-order chi connectivity index (χ0) is 14.7. The van der Waals surface area contributed by atoms with Gasteiger partial charge in [-0.3, -0.25) is 0 Å². The molecule has 21 heavy (non-hydrogen) atoms. The quantitative estimate of drug-likeness (QED) is 0.823. The average Bonchev–Trinajstić information content (AvgIpc) is 2.81. The van der Waals surface area contributed by atoms with Gasteiger partial charge in [0.1, 0.15) is 0 Å². The molecule has 3 heteroatoms. The van der Waals surface area contributed by atoms with Crippen LogP contribution in [0.15, 0.2) is 24.3 Å². The molecule has 0 spiro atoms. The molecule has 1 aliphatic heterocycles. The number of aromatic nitrogens is 1. The van der Waals surface area contributed by atoms with Crippen molar-refractivity contribution in [1.82, 2.24) is 9.88 Å². The topological polar surface area (TPSA) is 26.2 Å². The number of unbranched alkanes of at least 4 members (excludes halogenated alkanes) is 1. The Morgan fingerprint density at radius 1 is 1.29 bits per heavy atom. The first-order chi connectivity index (χ1) is 10.3. The molecular formula is C18H26N2O. The van der Waals surface area contributed by atoms with Gasteiger partial charge in [0.05, 0.1) is 6.61 Å². The van der Waals surface area contributed by atoms with Crippen molar-refractivity contribution < 1.29 is 4.74 Å². The van der Waals surface area contributed by atoms with Gasteiger partial charge in [0, 0.05) is 42.3 Å². The lowest BCUT2D eigenvalue weighted by Crippen LogP contribution is -2.33. The smallest absolute Gasteiger partial charge is 0.0645 e. The van der Waals surface area contributed by atoms with Gasteiger partial charge in [-0.1, -0.05) is 31.5 Å². The molecule has 0 aliphatic carbocycles. The van der Waals surface area contributed by atoms with Crippen molar-refractivity contribution in [2.45, 2.75) is 52.2 Å². The summed E-state index contributed by atoms with van der Waals surface area (Å²) in [6.07, 6.45) is 3.48. The van der Waals surface area contributed by atoms with Crippen LogP contribution in [0.5, 0.6) is 0 Å². The third-order valence-corrected chi connectivity index (χ3v) is 4.42. The van der Waals surface area contributed by atoms with Gasteiger partial charge in [-0.15, -0.1) is 0 Å². The second kappa shape index (κ2) is 6.63. The highest BCUT2D eigenvalue weighted by atomic mass is 16.5. The number of hydrogen-bond donors (Lipinski definition) is 1. The molecule has 0 radical (unpaired) electrons. The summed E-state index contributed by atoms with van der Waals surface area (Å²) >= 11 is 0. The van der Waals surface area contributed by atoms with Gasteiger partial charge in [-0.2, -0.15) is 0 Å². The molecule has 0 saturated heterocycles. The summed E-state index contributed by atoms with van der Waals surface area (Å²) < 4.78 is 8.22. The number of benzene rings is 1. The van der Waals surface area contributed by atoms with Crippen LogP contribution >= 0.6 is 0 Å². The maximum absolute atomic E-state index is 5.77. The Kier molecular flexibility index (Phi) is 4.61. The molecule has 1 unspecified atom stereocenters. The first-order valence-corrected chi connectivity index (χ1v) is 8.21. The van der Waals surface area contributed by atoms with Gasteiger partial charge < -0.3 is 14.6 Å². The maximum atomic E-state index is 5.77. The normalized spacial score (nSPS) is 18.1. The van der Waals surface area contributed by atoms with Crippen molar-refractivity contribution in [3.63, 3.8) is 0 Å². The molecule has 2 aromatic rings. The second-order valence-corrected chi connectivity index (χ2v) is 6.05. The maximum Gasteiger partial charge on any atom is 0.0645 e. The van der Waals surface area contributed by atoms with Crippen molar-refractivity contribution in [2.75, 3.05) is 13.2 Å². The number of nitrogens with one attached hydrogen (secondary N) is 1. The number of hydrogen-bond acceptors (Lipinski definition) is 2. The Morgan fingerprint density at radius 3 is 3.00 bits per heavy atom. The predicted octanol–water partition coefficient (Wildman–Crippen LogP) is 3.49. The SMILES string of the molecule is CCCCOCCn1c2c(c3ccccc31)CC(C)NC2. The third kappa shape index (κ3) is 2.99. The van der Waals surface area contributed by atoms with E-state index in [-0.39, 0.29) is 0 Å². The Balaban J connectivity index is 1.84. The van der Waals surface area contributed by atoms with Crippen LogP contribution in [0.1, 0.15) is 37.9 Å². The number of fused-ring (bicyclic) bond motifs is 3. The Hall–Kier alpha value is -1.32. The molecule has 1 N–H and O–H groups in total. The number of ether oxygens (including phenoxy) is 1. The van der Waals surface area contributed by atoms with Crippen molar-refractivity contribution in [1.29, 1.82) is 0 Å². The zero-order valence-corrected chi connectivity index (χ0v) is 13.2. The molecule has 3 rings (SSSR count). The van der Waals surface area contributed by atoms with Gasteiger partial charge in [-0.25, -0.2) is 0 Å². The van der Waals surface area contributed by atoms with E-state index in [0.717, 1.165) is 39.1 Å². The van der Waals surface area contributed by atoms with Gasteiger partial charge in [0.25, 0.3) is 0 Å². The summed E-state index contributed by atoms with van der Waals surface area (Å²) in [5, 5.41) is 5.01. The minimum atomic E-state index is 0.567. The van der Waals surface area contributed by atoms with Crippen LogP contribution in [0.3, 0.4) is 0 Å². The molecule has 114 valence electrons. The first-order valence-electron chi connectivity index (χ1n) is 8.21. The molecule has 0 saturated carbocycles. The van der Waals surface area contributed by atoms with E-state index in [1.165, 1.54) is 28.6 Å². The molecule has 1 aliphatic rings. The van der Waals surface area contributed by atoms with E-state index < -0.39 is 0 Å². The molecule has 1 aromatic carbocycles. The summed E-state index contributed by atoms with van der Waals surface area (Å²) in [4.78, 5) is 0. The van der Waals surface area contributed by atoms with Crippen LogP contribution in [0.4, 0.5) is 0 Å². The van der Waals surface area contributed by atoms with Crippen molar-refractivity contribution >= 4 is 10.9 Å².